The molecule has 5 heteroatoms. The predicted octanol–water partition coefficient (Wildman–Crippen LogP) is 3.49. The van der Waals surface area contributed by atoms with Crippen molar-refractivity contribution in [1.82, 2.24) is 4.90 Å². The molecule has 3 nitrogen and oxygen atoms in total. The number of benzene rings is 1. The maximum Gasteiger partial charge on any atom is 0.255 e. The van der Waals surface area contributed by atoms with E-state index in [4.69, 9.17) is 16.0 Å². The Morgan fingerprint density at radius 2 is 2.22 bits per heavy atom. The van der Waals surface area contributed by atoms with Gasteiger partial charge < -0.3 is 9.32 Å². The lowest BCUT2D eigenvalue weighted by Crippen LogP contribution is -2.26. The third-order valence-corrected chi connectivity index (χ3v) is 3.11. The highest BCUT2D eigenvalue weighted by Crippen LogP contribution is 2.21. The average molecular weight is 282 g/mol. The van der Waals surface area contributed by atoms with E-state index in [9.17, 15) is 4.79 Å². The van der Waals surface area contributed by atoms with Crippen LogP contribution in [0.15, 0.2) is 45.9 Å². The van der Waals surface area contributed by atoms with Gasteiger partial charge in [0.15, 0.2) is 0 Å². The summed E-state index contributed by atoms with van der Waals surface area (Å²) in [6.45, 7) is 0.402. The molecular formula is C13H12ClNO2S. The van der Waals surface area contributed by atoms with Gasteiger partial charge in [-0.1, -0.05) is 11.6 Å². The first-order chi connectivity index (χ1) is 8.58. The van der Waals surface area contributed by atoms with Crippen LogP contribution in [0.4, 0.5) is 0 Å². The van der Waals surface area contributed by atoms with Gasteiger partial charge in [-0.2, -0.15) is 0 Å². The molecule has 0 atom stereocenters. The molecule has 0 saturated carbocycles. The summed E-state index contributed by atoms with van der Waals surface area (Å²) >= 11 is 10.2. The van der Waals surface area contributed by atoms with E-state index in [1.54, 1.807) is 42.5 Å². The molecule has 0 N–H and O–H groups in total. The van der Waals surface area contributed by atoms with E-state index in [1.165, 1.54) is 0 Å². The Hall–Kier alpha value is -1.39. The Morgan fingerprint density at radius 1 is 1.44 bits per heavy atom. The lowest BCUT2D eigenvalue weighted by Gasteiger charge is -2.16. The number of furan rings is 1. The van der Waals surface area contributed by atoms with Crippen molar-refractivity contribution in [3.8, 4) is 0 Å². The molecule has 0 saturated heterocycles. The highest BCUT2D eigenvalue weighted by Gasteiger charge is 2.16. The van der Waals surface area contributed by atoms with Crippen molar-refractivity contribution in [1.29, 1.82) is 0 Å². The predicted molar refractivity (Wildman–Crippen MR) is 73.2 cm³/mol. The highest BCUT2D eigenvalue weighted by atomic mass is 35.5. The van der Waals surface area contributed by atoms with Crippen molar-refractivity contribution in [2.45, 2.75) is 11.4 Å². The molecule has 2 aromatic rings. The molecule has 0 spiro atoms. The van der Waals surface area contributed by atoms with Gasteiger partial charge in [-0.25, -0.2) is 0 Å². The van der Waals surface area contributed by atoms with E-state index in [0.29, 0.717) is 22.0 Å². The number of amides is 1. The topological polar surface area (TPSA) is 33.5 Å². The summed E-state index contributed by atoms with van der Waals surface area (Å²) < 4.78 is 5.20. The fourth-order valence-electron chi connectivity index (χ4n) is 1.59. The Labute approximate surface area is 116 Å². The number of carbonyl (C=O) groups excluding carboxylic acids is 1. The number of hydrogen-bond donors (Lipinski definition) is 1. The minimum Gasteiger partial charge on any atom is -0.467 e. The minimum atomic E-state index is -0.160. The zero-order valence-corrected chi connectivity index (χ0v) is 11.4. The molecule has 2 rings (SSSR count). The number of thiol groups is 1. The largest absolute Gasteiger partial charge is 0.467 e. The first-order valence-corrected chi connectivity index (χ1v) is 6.17. The minimum absolute atomic E-state index is 0.160. The Morgan fingerprint density at radius 3 is 2.89 bits per heavy atom. The summed E-state index contributed by atoms with van der Waals surface area (Å²) in [5.74, 6) is 0.566. The molecule has 0 fully saturated rings. The van der Waals surface area contributed by atoms with Crippen LogP contribution >= 0.6 is 24.2 Å². The first-order valence-electron chi connectivity index (χ1n) is 5.34. The van der Waals surface area contributed by atoms with E-state index in [1.807, 2.05) is 6.07 Å². The van der Waals surface area contributed by atoms with Gasteiger partial charge in [0.2, 0.25) is 0 Å². The average Bonchev–Trinajstić information content (AvgIpc) is 2.84. The molecule has 1 aromatic carbocycles. The molecule has 0 radical (unpaired) electrons. The molecule has 94 valence electrons. The Balaban J connectivity index is 2.17. The third-order valence-electron chi connectivity index (χ3n) is 2.50. The van der Waals surface area contributed by atoms with E-state index < -0.39 is 0 Å². The number of halogens is 1. The summed E-state index contributed by atoms with van der Waals surface area (Å²) in [6, 6.07) is 8.68. The second kappa shape index (κ2) is 5.50. The van der Waals surface area contributed by atoms with Crippen molar-refractivity contribution in [3.63, 3.8) is 0 Å². The Bertz CT molecular complexity index is 554. The van der Waals surface area contributed by atoms with Crippen LogP contribution in [0.2, 0.25) is 5.02 Å². The molecule has 0 aliphatic heterocycles. The summed E-state index contributed by atoms with van der Waals surface area (Å²) in [4.78, 5) is 14.5. The number of carbonyl (C=O) groups is 1. The lowest BCUT2D eigenvalue weighted by atomic mass is 10.2. The second-order valence-corrected chi connectivity index (χ2v) is 4.83. The number of hydrogen-bond acceptors (Lipinski definition) is 3. The smallest absolute Gasteiger partial charge is 0.255 e. The lowest BCUT2D eigenvalue weighted by molar-refractivity contribution is 0.0775. The summed E-state index contributed by atoms with van der Waals surface area (Å²) in [5, 5.41) is 0.420. The summed E-state index contributed by atoms with van der Waals surface area (Å²) in [6.07, 6.45) is 1.58. The molecule has 0 unspecified atom stereocenters. The van der Waals surface area contributed by atoms with E-state index >= 15 is 0 Å². The molecule has 1 amide bonds. The summed E-state index contributed by atoms with van der Waals surface area (Å²) in [5.41, 5.74) is 0.443. The van der Waals surface area contributed by atoms with Crippen molar-refractivity contribution < 1.29 is 9.21 Å². The van der Waals surface area contributed by atoms with Crippen LogP contribution in [0.3, 0.4) is 0 Å². The van der Waals surface area contributed by atoms with Gasteiger partial charge in [0.1, 0.15) is 5.76 Å². The zero-order valence-electron chi connectivity index (χ0n) is 9.76. The van der Waals surface area contributed by atoms with Crippen molar-refractivity contribution >= 4 is 30.1 Å². The molecule has 1 heterocycles. The van der Waals surface area contributed by atoms with Gasteiger partial charge in [-0.3, -0.25) is 4.79 Å². The SMILES string of the molecule is CN(Cc1ccco1)C(=O)c1cc(S)ccc1Cl. The molecular weight excluding hydrogens is 270 g/mol. The zero-order chi connectivity index (χ0) is 13.1. The van der Waals surface area contributed by atoms with Crippen LogP contribution < -0.4 is 0 Å². The van der Waals surface area contributed by atoms with Crippen LogP contribution in [0, 0.1) is 0 Å². The molecule has 0 aliphatic rings. The van der Waals surface area contributed by atoms with E-state index in [-0.39, 0.29) is 5.91 Å². The maximum absolute atomic E-state index is 12.2. The van der Waals surface area contributed by atoms with E-state index in [2.05, 4.69) is 12.6 Å². The van der Waals surface area contributed by atoms with Gasteiger partial charge in [0.25, 0.3) is 5.91 Å². The van der Waals surface area contributed by atoms with Crippen molar-refractivity contribution in [2.24, 2.45) is 0 Å². The normalized spacial score (nSPS) is 10.4. The van der Waals surface area contributed by atoms with Crippen LogP contribution in [-0.4, -0.2) is 17.9 Å². The van der Waals surface area contributed by atoms with Gasteiger partial charge in [-0.15, -0.1) is 12.6 Å². The van der Waals surface area contributed by atoms with Crippen molar-refractivity contribution in [2.75, 3.05) is 7.05 Å². The van der Waals surface area contributed by atoms with Crippen LogP contribution in [-0.2, 0) is 6.54 Å². The molecule has 18 heavy (non-hydrogen) atoms. The quantitative estimate of drug-likeness (QED) is 0.874. The monoisotopic (exact) mass is 281 g/mol. The summed E-state index contributed by atoms with van der Waals surface area (Å²) in [7, 11) is 1.70. The highest BCUT2D eigenvalue weighted by molar-refractivity contribution is 7.80. The van der Waals surface area contributed by atoms with Gasteiger partial charge in [0, 0.05) is 11.9 Å². The van der Waals surface area contributed by atoms with Crippen molar-refractivity contribution in [3.05, 3.63) is 52.9 Å². The molecule has 1 aromatic heterocycles. The fourth-order valence-corrected chi connectivity index (χ4v) is 1.99. The third kappa shape index (κ3) is 2.89. The van der Waals surface area contributed by atoms with Gasteiger partial charge in [0.05, 0.1) is 23.4 Å². The van der Waals surface area contributed by atoms with Crippen LogP contribution in [0.5, 0.6) is 0 Å². The maximum atomic E-state index is 12.2. The molecule has 0 bridgehead atoms. The Kier molecular flexibility index (Phi) is 3.99. The fraction of sp³-hybridized carbons (Fsp3) is 0.154. The second-order valence-electron chi connectivity index (χ2n) is 3.90. The van der Waals surface area contributed by atoms with E-state index in [0.717, 1.165) is 5.76 Å². The first kappa shape index (κ1) is 13.1. The number of nitrogens with zero attached hydrogens (tertiary/aromatic N) is 1. The molecule has 0 aliphatic carbocycles. The van der Waals surface area contributed by atoms with Gasteiger partial charge >= 0.3 is 0 Å². The number of rotatable bonds is 3. The standard InChI is InChI=1S/C13H12ClNO2S/c1-15(8-9-3-2-6-17-9)13(16)11-7-10(18)4-5-12(11)14/h2-7,18H,8H2,1H3. The van der Waals surface area contributed by atoms with Gasteiger partial charge in [-0.05, 0) is 30.3 Å². The van der Waals surface area contributed by atoms with Crippen LogP contribution in [0.25, 0.3) is 0 Å². The van der Waals surface area contributed by atoms with Crippen LogP contribution in [0.1, 0.15) is 16.1 Å².